The SMILES string of the molecule is C[C@@H]1CCC[C@@]2(C)[C@@H]1CC[C@]1(C)[C@H]2CCC2=C3CC(C)(C)CC[C@]3(C)CC[C@]21C. The van der Waals surface area contributed by atoms with Gasteiger partial charge in [-0.3, -0.25) is 0 Å². The van der Waals surface area contributed by atoms with Crippen LogP contribution in [0.15, 0.2) is 11.1 Å². The maximum absolute atomic E-state index is 2.77. The molecule has 5 aliphatic rings. The van der Waals surface area contributed by atoms with Crippen LogP contribution in [0.25, 0.3) is 0 Å². The normalized spacial score (nSPS) is 54.1. The highest BCUT2D eigenvalue weighted by atomic mass is 14.7. The molecule has 29 heavy (non-hydrogen) atoms. The van der Waals surface area contributed by atoms with Crippen molar-refractivity contribution in [2.75, 3.05) is 0 Å². The zero-order valence-electron chi connectivity index (χ0n) is 20.7. The van der Waals surface area contributed by atoms with E-state index in [0.29, 0.717) is 27.1 Å². The Kier molecular flexibility index (Phi) is 4.38. The van der Waals surface area contributed by atoms with E-state index in [9.17, 15) is 0 Å². The topological polar surface area (TPSA) is 0 Å². The third kappa shape index (κ3) is 2.62. The van der Waals surface area contributed by atoms with Gasteiger partial charge in [-0.05, 0) is 109 Å². The Morgan fingerprint density at radius 2 is 1.45 bits per heavy atom. The lowest BCUT2D eigenvalue weighted by molar-refractivity contribution is -0.163. The maximum atomic E-state index is 2.77. The van der Waals surface area contributed by atoms with Crippen LogP contribution in [0.3, 0.4) is 0 Å². The van der Waals surface area contributed by atoms with Crippen molar-refractivity contribution in [2.24, 2.45) is 44.8 Å². The molecule has 0 aliphatic heterocycles. The minimum Gasteiger partial charge on any atom is -0.0640 e. The fourth-order valence-corrected chi connectivity index (χ4v) is 10.2. The zero-order valence-corrected chi connectivity index (χ0v) is 20.7. The molecule has 0 aromatic rings. The van der Waals surface area contributed by atoms with E-state index in [1.165, 1.54) is 77.0 Å². The van der Waals surface area contributed by atoms with Crippen LogP contribution in [0.2, 0.25) is 0 Å². The van der Waals surface area contributed by atoms with Gasteiger partial charge in [0.05, 0.1) is 0 Å². The lowest BCUT2D eigenvalue weighted by atomic mass is 9.35. The van der Waals surface area contributed by atoms with Crippen LogP contribution in [0, 0.1) is 44.8 Å². The van der Waals surface area contributed by atoms with Gasteiger partial charge in [-0.1, -0.05) is 72.5 Å². The number of allylic oxidation sites excluding steroid dienone is 2. The van der Waals surface area contributed by atoms with Crippen molar-refractivity contribution in [3.63, 3.8) is 0 Å². The lowest BCUT2D eigenvalue weighted by Crippen LogP contribution is -2.61. The maximum Gasteiger partial charge on any atom is -0.00566 e. The van der Waals surface area contributed by atoms with Crippen LogP contribution in [0.4, 0.5) is 0 Å². The molecule has 7 atom stereocenters. The third-order valence-corrected chi connectivity index (χ3v) is 12.3. The van der Waals surface area contributed by atoms with E-state index < -0.39 is 0 Å². The summed E-state index contributed by atoms with van der Waals surface area (Å²) < 4.78 is 0. The van der Waals surface area contributed by atoms with Crippen molar-refractivity contribution < 1.29 is 0 Å². The molecular formula is C29H48. The van der Waals surface area contributed by atoms with Gasteiger partial charge < -0.3 is 0 Å². The molecule has 0 saturated heterocycles. The van der Waals surface area contributed by atoms with Gasteiger partial charge >= 0.3 is 0 Å². The summed E-state index contributed by atoms with van der Waals surface area (Å²) in [7, 11) is 0. The van der Waals surface area contributed by atoms with Crippen molar-refractivity contribution >= 4 is 0 Å². The number of hydrogen-bond acceptors (Lipinski definition) is 0. The van der Waals surface area contributed by atoms with Crippen LogP contribution in [-0.2, 0) is 0 Å². The molecule has 5 rings (SSSR count). The zero-order chi connectivity index (χ0) is 20.9. The van der Waals surface area contributed by atoms with Crippen LogP contribution in [-0.4, -0.2) is 0 Å². The third-order valence-electron chi connectivity index (χ3n) is 12.3. The smallest absolute Gasteiger partial charge is 0.00566 e. The predicted molar refractivity (Wildman–Crippen MR) is 125 cm³/mol. The Bertz CT molecular complexity index is 726. The Morgan fingerprint density at radius 3 is 2.21 bits per heavy atom. The summed E-state index contributed by atoms with van der Waals surface area (Å²) in [6.07, 6.45) is 17.6. The van der Waals surface area contributed by atoms with Crippen LogP contribution in [0.5, 0.6) is 0 Å². The Labute approximate surface area is 181 Å². The molecule has 0 N–H and O–H groups in total. The molecule has 0 aromatic heterocycles. The summed E-state index contributed by atoms with van der Waals surface area (Å²) in [6, 6.07) is 0. The predicted octanol–water partition coefficient (Wildman–Crippen LogP) is 8.95. The highest BCUT2D eigenvalue weighted by Crippen LogP contribution is 2.74. The van der Waals surface area contributed by atoms with Crippen molar-refractivity contribution in [1.82, 2.24) is 0 Å². The molecule has 0 bridgehead atoms. The second kappa shape index (κ2) is 6.16. The molecule has 0 radical (unpaired) electrons. The van der Waals surface area contributed by atoms with Crippen molar-refractivity contribution in [2.45, 2.75) is 126 Å². The first-order chi connectivity index (χ1) is 13.5. The summed E-state index contributed by atoms with van der Waals surface area (Å²) in [5.41, 5.74) is 6.56. The van der Waals surface area contributed by atoms with Gasteiger partial charge in [-0.15, -0.1) is 0 Å². The minimum absolute atomic E-state index is 0.465. The molecule has 0 heteroatoms. The highest BCUT2D eigenvalue weighted by Gasteiger charge is 2.65. The van der Waals surface area contributed by atoms with Gasteiger partial charge in [-0.25, -0.2) is 0 Å². The summed E-state index contributed by atoms with van der Waals surface area (Å²) >= 11 is 0. The highest BCUT2D eigenvalue weighted by molar-refractivity contribution is 5.37. The van der Waals surface area contributed by atoms with E-state index >= 15 is 0 Å². The van der Waals surface area contributed by atoms with Crippen LogP contribution < -0.4 is 0 Å². The van der Waals surface area contributed by atoms with Gasteiger partial charge in [0.25, 0.3) is 0 Å². The van der Waals surface area contributed by atoms with E-state index in [1.807, 2.05) is 11.1 Å². The van der Waals surface area contributed by atoms with E-state index in [0.717, 1.165) is 17.8 Å². The fourth-order valence-electron chi connectivity index (χ4n) is 10.2. The minimum atomic E-state index is 0.465. The average molecular weight is 397 g/mol. The molecule has 0 unspecified atom stereocenters. The molecule has 4 saturated carbocycles. The van der Waals surface area contributed by atoms with Crippen LogP contribution in [0.1, 0.15) is 126 Å². The quantitative estimate of drug-likeness (QED) is 0.358. The van der Waals surface area contributed by atoms with Gasteiger partial charge in [0.1, 0.15) is 0 Å². The molecule has 0 heterocycles. The first kappa shape index (κ1) is 20.6. The van der Waals surface area contributed by atoms with Crippen molar-refractivity contribution in [3.8, 4) is 0 Å². The van der Waals surface area contributed by atoms with Gasteiger partial charge in [0.2, 0.25) is 0 Å². The molecule has 0 aromatic carbocycles. The lowest BCUT2D eigenvalue weighted by Gasteiger charge is -2.69. The molecule has 0 nitrogen and oxygen atoms in total. The van der Waals surface area contributed by atoms with E-state index in [1.54, 1.807) is 0 Å². The number of rotatable bonds is 0. The monoisotopic (exact) mass is 396 g/mol. The van der Waals surface area contributed by atoms with E-state index in [4.69, 9.17) is 0 Å². The number of fused-ring (bicyclic) bond motifs is 6. The van der Waals surface area contributed by atoms with Gasteiger partial charge in [0, 0.05) is 0 Å². The standard InChI is InChI=1S/C29H48/c1-20-9-8-13-27(5)21(20)12-14-29(7)24(27)11-10-22-23-19-25(2,3)15-16-26(23,4)17-18-28(22,29)6/h20-21,24H,8-19H2,1-7H3/t20-,21-,24+,26-,27+,28-,29-/m1/s1. The van der Waals surface area contributed by atoms with Crippen molar-refractivity contribution in [3.05, 3.63) is 11.1 Å². The van der Waals surface area contributed by atoms with Gasteiger partial charge in [0.15, 0.2) is 0 Å². The Hall–Kier alpha value is -0.260. The van der Waals surface area contributed by atoms with E-state index in [2.05, 4.69) is 48.5 Å². The molecule has 4 fully saturated rings. The Morgan fingerprint density at radius 1 is 0.724 bits per heavy atom. The molecular weight excluding hydrogens is 348 g/mol. The Balaban J connectivity index is 1.60. The average Bonchev–Trinajstić information content (AvgIpc) is 2.63. The molecule has 5 aliphatic carbocycles. The van der Waals surface area contributed by atoms with Gasteiger partial charge in [-0.2, -0.15) is 0 Å². The molecule has 0 amide bonds. The first-order valence-corrected chi connectivity index (χ1v) is 13.2. The van der Waals surface area contributed by atoms with E-state index in [-0.39, 0.29) is 0 Å². The first-order valence-electron chi connectivity index (χ1n) is 13.2. The summed E-state index contributed by atoms with van der Waals surface area (Å²) in [5, 5.41) is 0. The van der Waals surface area contributed by atoms with Crippen molar-refractivity contribution in [1.29, 1.82) is 0 Å². The summed E-state index contributed by atoms with van der Waals surface area (Å²) in [5.74, 6) is 2.90. The second-order valence-electron chi connectivity index (χ2n) is 14.2. The fraction of sp³-hybridized carbons (Fsp3) is 0.931. The largest absolute Gasteiger partial charge is 0.0640 e. The van der Waals surface area contributed by atoms with Crippen LogP contribution >= 0.6 is 0 Å². The summed E-state index contributed by atoms with van der Waals surface area (Å²) in [6.45, 7) is 18.6. The number of hydrogen-bond donors (Lipinski definition) is 0. The molecule has 0 spiro atoms. The second-order valence-corrected chi connectivity index (χ2v) is 14.2. The summed E-state index contributed by atoms with van der Waals surface area (Å²) in [4.78, 5) is 0. The molecule has 164 valence electrons.